The second kappa shape index (κ2) is 5.47. The molecule has 0 aliphatic heterocycles. The molecule has 0 aromatic heterocycles. The maximum absolute atomic E-state index is 13.8. The Labute approximate surface area is 109 Å². The highest BCUT2D eigenvalue weighted by atomic mass is 32.2. The van der Waals surface area contributed by atoms with Gasteiger partial charge in [0.1, 0.15) is 4.90 Å². The van der Waals surface area contributed by atoms with Crippen molar-refractivity contribution in [2.45, 2.75) is 11.8 Å². The zero-order valence-corrected chi connectivity index (χ0v) is 11.1. The van der Waals surface area contributed by atoms with E-state index in [4.69, 9.17) is 5.84 Å². The number of nitrogens with two attached hydrogens (primary N) is 1. The van der Waals surface area contributed by atoms with Crippen LogP contribution in [0.2, 0.25) is 0 Å². The number of nitrogen functional groups attached to an aromatic ring is 1. The first-order valence-electron chi connectivity index (χ1n) is 5.16. The Hall–Kier alpha value is -1.78. The van der Waals surface area contributed by atoms with E-state index >= 15 is 0 Å². The molecule has 19 heavy (non-hydrogen) atoms. The summed E-state index contributed by atoms with van der Waals surface area (Å²) in [6, 6.07) is 1.40. The Morgan fingerprint density at radius 2 is 2.11 bits per heavy atom. The number of nitrogens with zero attached hydrogens (tertiary/aromatic N) is 2. The maximum Gasteiger partial charge on any atom is 0.274 e. The highest BCUT2D eigenvalue weighted by Crippen LogP contribution is 2.30. The van der Waals surface area contributed by atoms with Crippen LogP contribution in [0.1, 0.15) is 6.92 Å². The molecule has 8 nitrogen and oxygen atoms in total. The van der Waals surface area contributed by atoms with Gasteiger partial charge in [0.25, 0.3) is 5.69 Å². The topological polar surface area (TPSA) is 119 Å². The van der Waals surface area contributed by atoms with Gasteiger partial charge >= 0.3 is 0 Å². The Morgan fingerprint density at radius 1 is 1.53 bits per heavy atom. The molecule has 10 heteroatoms. The largest absolute Gasteiger partial charge is 0.323 e. The Bertz CT molecular complexity index is 604. The molecule has 1 rings (SSSR count). The Balaban J connectivity index is 3.57. The van der Waals surface area contributed by atoms with Gasteiger partial charge in [-0.15, -0.1) is 0 Å². The number of halogens is 1. The van der Waals surface area contributed by atoms with Crippen LogP contribution in [0, 0.1) is 15.9 Å². The van der Waals surface area contributed by atoms with Crippen molar-refractivity contribution in [2.75, 3.05) is 19.0 Å². The van der Waals surface area contributed by atoms with Crippen molar-refractivity contribution in [1.29, 1.82) is 0 Å². The first kappa shape index (κ1) is 15.3. The van der Waals surface area contributed by atoms with Crippen LogP contribution in [0.5, 0.6) is 0 Å². The number of sulfonamides is 1. The summed E-state index contributed by atoms with van der Waals surface area (Å²) in [5.74, 6) is 3.87. The van der Waals surface area contributed by atoms with Crippen LogP contribution in [0.25, 0.3) is 0 Å². The molecule has 0 heterocycles. The van der Waals surface area contributed by atoms with E-state index in [1.165, 1.54) is 7.05 Å². The van der Waals surface area contributed by atoms with Crippen molar-refractivity contribution >= 4 is 21.4 Å². The van der Waals surface area contributed by atoms with Crippen LogP contribution >= 0.6 is 0 Å². The molecule has 0 unspecified atom stereocenters. The van der Waals surface area contributed by atoms with Gasteiger partial charge in [-0.2, -0.15) is 0 Å². The number of anilines is 1. The molecule has 1 aromatic carbocycles. The average Bonchev–Trinajstić information content (AvgIpc) is 2.35. The summed E-state index contributed by atoms with van der Waals surface area (Å²) in [6.45, 7) is 1.68. The van der Waals surface area contributed by atoms with Crippen LogP contribution in [0.3, 0.4) is 0 Å². The van der Waals surface area contributed by atoms with Gasteiger partial charge in [0, 0.05) is 19.7 Å². The minimum Gasteiger partial charge on any atom is -0.323 e. The minimum atomic E-state index is -4.11. The first-order chi connectivity index (χ1) is 8.75. The molecular weight excluding hydrogens is 279 g/mol. The van der Waals surface area contributed by atoms with E-state index < -0.39 is 31.3 Å². The van der Waals surface area contributed by atoms with Crippen molar-refractivity contribution in [2.24, 2.45) is 5.84 Å². The quantitative estimate of drug-likeness (QED) is 0.467. The summed E-state index contributed by atoms with van der Waals surface area (Å²) in [5, 5.41) is 10.6. The molecule has 0 bridgehead atoms. The lowest BCUT2D eigenvalue weighted by atomic mass is 10.3. The van der Waals surface area contributed by atoms with E-state index in [1.54, 1.807) is 6.92 Å². The Kier molecular flexibility index (Phi) is 4.39. The standard InChI is InChI=1S/C9H13FN4O4S/c1-3-13(2)19(17,18)9-7(10)4-6(14(15)16)5-8(9)12-11/h4-5,12H,3,11H2,1-2H3. The van der Waals surface area contributed by atoms with Gasteiger partial charge in [-0.1, -0.05) is 6.92 Å². The van der Waals surface area contributed by atoms with Gasteiger partial charge in [-0.25, -0.2) is 17.1 Å². The summed E-state index contributed by atoms with van der Waals surface area (Å²) in [4.78, 5) is 9.02. The van der Waals surface area contributed by atoms with E-state index in [0.717, 1.165) is 10.4 Å². The highest BCUT2D eigenvalue weighted by molar-refractivity contribution is 7.89. The van der Waals surface area contributed by atoms with E-state index in [0.29, 0.717) is 6.07 Å². The smallest absolute Gasteiger partial charge is 0.274 e. The van der Waals surface area contributed by atoms with E-state index in [1.807, 2.05) is 5.43 Å². The fraction of sp³-hybridized carbons (Fsp3) is 0.333. The van der Waals surface area contributed by atoms with E-state index in [-0.39, 0.29) is 12.2 Å². The van der Waals surface area contributed by atoms with Gasteiger partial charge in [0.2, 0.25) is 10.0 Å². The Morgan fingerprint density at radius 3 is 2.53 bits per heavy atom. The minimum absolute atomic E-state index is 0.114. The molecular formula is C9H13FN4O4S. The van der Waals surface area contributed by atoms with Crippen LogP contribution in [0.4, 0.5) is 15.8 Å². The number of nitro groups is 1. The van der Waals surface area contributed by atoms with Crippen molar-refractivity contribution in [3.8, 4) is 0 Å². The molecule has 0 amide bonds. The van der Waals surface area contributed by atoms with Crippen LogP contribution in [-0.2, 0) is 10.0 Å². The summed E-state index contributed by atoms with van der Waals surface area (Å²) >= 11 is 0. The van der Waals surface area contributed by atoms with Gasteiger partial charge in [0.15, 0.2) is 5.82 Å². The van der Waals surface area contributed by atoms with E-state index in [2.05, 4.69) is 0 Å². The third kappa shape index (κ3) is 2.80. The molecule has 1 aromatic rings. The molecule has 0 aliphatic rings. The number of rotatable bonds is 5. The number of nitrogens with one attached hydrogen (secondary N) is 1. The second-order valence-corrected chi connectivity index (χ2v) is 5.61. The van der Waals surface area contributed by atoms with Crippen LogP contribution in [-0.4, -0.2) is 31.2 Å². The van der Waals surface area contributed by atoms with Crippen molar-refractivity contribution < 1.29 is 17.7 Å². The highest BCUT2D eigenvalue weighted by Gasteiger charge is 2.29. The number of hydrogen-bond donors (Lipinski definition) is 2. The predicted molar refractivity (Wildman–Crippen MR) is 66.4 cm³/mol. The lowest BCUT2D eigenvalue weighted by molar-refractivity contribution is -0.385. The second-order valence-electron chi connectivity index (χ2n) is 3.62. The number of non-ortho nitro benzene ring substituents is 1. The fourth-order valence-electron chi connectivity index (χ4n) is 1.38. The van der Waals surface area contributed by atoms with Gasteiger partial charge in [0.05, 0.1) is 16.7 Å². The van der Waals surface area contributed by atoms with Crippen molar-refractivity contribution in [3.63, 3.8) is 0 Å². The third-order valence-corrected chi connectivity index (χ3v) is 4.52. The predicted octanol–water partition coefficient (Wildman–Crippen LogP) is 0.660. The number of hydrogen-bond acceptors (Lipinski definition) is 6. The SMILES string of the molecule is CCN(C)S(=O)(=O)c1c(F)cc([N+](=O)[O-])cc1NN. The third-order valence-electron chi connectivity index (χ3n) is 2.51. The monoisotopic (exact) mass is 292 g/mol. The number of hydrazine groups is 1. The average molecular weight is 292 g/mol. The summed E-state index contributed by atoms with van der Waals surface area (Å²) in [7, 11) is -2.85. The molecule has 106 valence electrons. The molecule has 3 N–H and O–H groups in total. The molecule has 0 saturated heterocycles. The van der Waals surface area contributed by atoms with Gasteiger partial charge < -0.3 is 5.43 Å². The molecule has 0 saturated carbocycles. The van der Waals surface area contributed by atoms with Gasteiger partial charge in [-0.3, -0.25) is 16.0 Å². The summed E-state index contributed by atoms with van der Waals surface area (Å²) < 4.78 is 38.9. The molecule has 0 radical (unpaired) electrons. The molecule has 0 aliphatic carbocycles. The van der Waals surface area contributed by atoms with E-state index in [9.17, 15) is 22.9 Å². The van der Waals surface area contributed by atoms with Crippen molar-refractivity contribution in [3.05, 3.63) is 28.1 Å². The lowest BCUT2D eigenvalue weighted by Gasteiger charge is -2.17. The van der Waals surface area contributed by atoms with Gasteiger partial charge in [-0.05, 0) is 0 Å². The first-order valence-corrected chi connectivity index (χ1v) is 6.60. The number of benzene rings is 1. The van der Waals surface area contributed by atoms with Crippen LogP contribution < -0.4 is 11.3 Å². The molecule has 0 atom stereocenters. The summed E-state index contributed by atoms with van der Waals surface area (Å²) in [5.41, 5.74) is 1.00. The summed E-state index contributed by atoms with van der Waals surface area (Å²) in [6.07, 6.45) is 0. The zero-order chi connectivity index (χ0) is 14.8. The molecule has 0 spiro atoms. The zero-order valence-electron chi connectivity index (χ0n) is 10.3. The molecule has 0 fully saturated rings. The van der Waals surface area contributed by atoms with Crippen molar-refractivity contribution in [1.82, 2.24) is 4.31 Å². The number of nitro benzene ring substituents is 1. The lowest BCUT2D eigenvalue weighted by Crippen LogP contribution is -2.28. The maximum atomic E-state index is 13.8. The normalized spacial score (nSPS) is 11.6. The fourth-order valence-corrected chi connectivity index (χ4v) is 2.73. The van der Waals surface area contributed by atoms with Crippen LogP contribution in [0.15, 0.2) is 17.0 Å².